The summed E-state index contributed by atoms with van der Waals surface area (Å²) in [5.41, 5.74) is 1.65. The van der Waals surface area contributed by atoms with E-state index in [9.17, 15) is 9.90 Å². The molecule has 0 spiro atoms. The summed E-state index contributed by atoms with van der Waals surface area (Å²) >= 11 is 0. The van der Waals surface area contributed by atoms with Crippen LogP contribution in [0.25, 0.3) is 11.0 Å². The molecule has 1 fully saturated rings. The van der Waals surface area contributed by atoms with Crippen LogP contribution >= 0.6 is 0 Å². The molecule has 0 aliphatic carbocycles. The molecule has 1 saturated heterocycles. The number of hydrogen-bond donors (Lipinski definition) is 2. The van der Waals surface area contributed by atoms with Gasteiger partial charge in [0.15, 0.2) is 0 Å². The van der Waals surface area contributed by atoms with Crippen LogP contribution in [0.2, 0.25) is 0 Å². The van der Waals surface area contributed by atoms with Gasteiger partial charge in [-0.15, -0.1) is 0 Å². The molecule has 0 unspecified atom stereocenters. The van der Waals surface area contributed by atoms with Crippen LogP contribution in [0.1, 0.15) is 12.2 Å². The van der Waals surface area contributed by atoms with Gasteiger partial charge in [0.1, 0.15) is 11.3 Å². The van der Waals surface area contributed by atoms with Crippen molar-refractivity contribution >= 4 is 16.9 Å². The number of β-amino-alcohol motifs (C(OH)–C–C–N with tert-alkyl or cyclic N) is 1. The topological polar surface area (TPSA) is 82.1 Å². The van der Waals surface area contributed by atoms with E-state index in [1.165, 1.54) is 0 Å². The maximum absolute atomic E-state index is 12.0. The van der Waals surface area contributed by atoms with Crippen LogP contribution in [-0.4, -0.2) is 50.1 Å². The van der Waals surface area contributed by atoms with Crippen LogP contribution in [0.15, 0.2) is 18.5 Å². The summed E-state index contributed by atoms with van der Waals surface area (Å²) in [5.74, 6) is 0.642. The maximum Gasteiger partial charge on any atom is 0.230 e. The average Bonchev–Trinajstić information content (AvgIpc) is 2.94. The Hall–Kier alpha value is -1.95. The number of likely N-dealkylation sites (tertiary alicyclic amines) is 1. The lowest BCUT2D eigenvalue weighted by atomic mass is 10.3. The first-order valence-electron chi connectivity index (χ1n) is 5.97. The van der Waals surface area contributed by atoms with Gasteiger partial charge in [0.2, 0.25) is 5.91 Å². The monoisotopic (exact) mass is 246 g/mol. The van der Waals surface area contributed by atoms with Crippen molar-refractivity contribution in [3.8, 4) is 0 Å². The van der Waals surface area contributed by atoms with Crippen molar-refractivity contribution < 1.29 is 9.90 Å². The first kappa shape index (κ1) is 11.2. The summed E-state index contributed by atoms with van der Waals surface area (Å²) in [4.78, 5) is 25.0. The van der Waals surface area contributed by atoms with Crippen LogP contribution in [0, 0.1) is 0 Å². The number of H-pyrrole nitrogens is 1. The molecule has 0 saturated carbocycles. The number of pyridine rings is 1. The minimum absolute atomic E-state index is 0.00133. The number of aromatic amines is 1. The molecule has 0 aromatic carbocycles. The highest BCUT2D eigenvalue weighted by atomic mass is 16.3. The average molecular weight is 246 g/mol. The van der Waals surface area contributed by atoms with Gasteiger partial charge in [-0.25, -0.2) is 4.98 Å². The van der Waals surface area contributed by atoms with E-state index in [2.05, 4.69) is 15.0 Å². The van der Waals surface area contributed by atoms with E-state index in [1.54, 1.807) is 17.3 Å². The first-order chi connectivity index (χ1) is 8.72. The summed E-state index contributed by atoms with van der Waals surface area (Å²) < 4.78 is 0. The van der Waals surface area contributed by atoms with Gasteiger partial charge in [-0.3, -0.25) is 9.78 Å². The van der Waals surface area contributed by atoms with Crippen molar-refractivity contribution in [2.24, 2.45) is 0 Å². The molecule has 2 aromatic heterocycles. The molecular formula is C12H14N4O2. The van der Waals surface area contributed by atoms with Crippen molar-refractivity contribution in [1.29, 1.82) is 0 Å². The zero-order chi connectivity index (χ0) is 12.5. The molecular weight excluding hydrogens is 232 g/mol. The van der Waals surface area contributed by atoms with Gasteiger partial charge in [-0.2, -0.15) is 0 Å². The molecule has 1 aliphatic heterocycles. The Morgan fingerprint density at radius 3 is 3.22 bits per heavy atom. The van der Waals surface area contributed by atoms with Gasteiger partial charge in [0.25, 0.3) is 0 Å². The molecule has 6 nitrogen and oxygen atoms in total. The lowest BCUT2D eigenvalue weighted by molar-refractivity contribution is -0.129. The highest BCUT2D eigenvalue weighted by Gasteiger charge is 2.24. The number of hydrogen-bond acceptors (Lipinski definition) is 4. The van der Waals surface area contributed by atoms with Gasteiger partial charge < -0.3 is 15.0 Å². The van der Waals surface area contributed by atoms with Gasteiger partial charge >= 0.3 is 0 Å². The van der Waals surface area contributed by atoms with E-state index in [0.29, 0.717) is 25.3 Å². The molecule has 1 aliphatic rings. The molecule has 0 radical (unpaired) electrons. The molecule has 2 aromatic rings. The number of aromatic nitrogens is 3. The lowest BCUT2D eigenvalue weighted by Crippen LogP contribution is -2.31. The van der Waals surface area contributed by atoms with E-state index in [-0.39, 0.29) is 18.4 Å². The number of carbonyl (C=O) groups excluding carboxylic acids is 1. The Kier molecular flexibility index (Phi) is 2.71. The number of nitrogens with one attached hydrogen (secondary N) is 1. The quantitative estimate of drug-likeness (QED) is 0.787. The Labute approximate surface area is 104 Å². The summed E-state index contributed by atoms with van der Waals surface area (Å²) in [6.45, 7) is 1.06. The smallest absolute Gasteiger partial charge is 0.230 e. The number of nitrogens with zero attached hydrogens (tertiary/aromatic N) is 3. The molecule has 94 valence electrons. The van der Waals surface area contributed by atoms with Gasteiger partial charge in [-0.1, -0.05) is 0 Å². The van der Waals surface area contributed by atoms with E-state index in [1.807, 2.05) is 6.07 Å². The van der Waals surface area contributed by atoms with E-state index in [0.717, 1.165) is 11.0 Å². The first-order valence-corrected chi connectivity index (χ1v) is 5.97. The molecule has 6 heteroatoms. The van der Waals surface area contributed by atoms with Gasteiger partial charge in [0.05, 0.1) is 24.2 Å². The van der Waals surface area contributed by atoms with Crippen molar-refractivity contribution in [1.82, 2.24) is 19.9 Å². The van der Waals surface area contributed by atoms with Crippen LogP contribution in [-0.2, 0) is 11.2 Å². The second-order valence-corrected chi connectivity index (χ2v) is 4.54. The van der Waals surface area contributed by atoms with Crippen molar-refractivity contribution in [3.05, 3.63) is 24.3 Å². The summed E-state index contributed by atoms with van der Waals surface area (Å²) in [5, 5.41) is 9.40. The molecule has 3 heterocycles. The largest absolute Gasteiger partial charge is 0.391 e. The zero-order valence-electron chi connectivity index (χ0n) is 9.83. The Morgan fingerprint density at radius 2 is 2.50 bits per heavy atom. The maximum atomic E-state index is 12.0. The lowest BCUT2D eigenvalue weighted by Gasteiger charge is -2.14. The number of rotatable bonds is 2. The molecule has 1 amide bonds. The van der Waals surface area contributed by atoms with Crippen LogP contribution in [0.5, 0.6) is 0 Å². The van der Waals surface area contributed by atoms with Gasteiger partial charge in [0, 0.05) is 19.3 Å². The Balaban J connectivity index is 1.74. The van der Waals surface area contributed by atoms with E-state index >= 15 is 0 Å². The van der Waals surface area contributed by atoms with Crippen molar-refractivity contribution in [2.75, 3.05) is 13.1 Å². The number of aliphatic hydroxyl groups excluding tert-OH is 1. The molecule has 1 atom stereocenters. The Morgan fingerprint density at radius 1 is 1.61 bits per heavy atom. The minimum Gasteiger partial charge on any atom is -0.391 e. The van der Waals surface area contributed by atoms with Crippen molar-refractivity contribution in [3.63, 3.8) is 0 Å². The highest BCUT2D eigenvalue weighted by molar-refractivity contribution is 5.80. The molecule has 18 heavy (non-hydrogen) atoms. The predicted molar refractivity (Wildman–Crippen MR) is 64.8 cm³/mol. The van der Waals surface area contributed by atoms with Crippen LogP contribution < -0.4 is 0 Å². The third-order valence-electron chi connectivity index (χ3n) is 3.17. The third kappa shape index (κ3) is 2.06. The fourth-order valence-electron chi connectivity index (χ4n) is 2.22. The fraction of sp³-hybridized carbons (Fsp3) is 0.417. The number of amides is 1. The zero-order valence-corrected chi connectivity index (χ0v) is 9.83. The summed E-state index contributed by atoms with van der Waals surface area (Å²) in [6, 6.07) is 1.83. The van der Waals surface area contributed by atoms with E-state index in [4.69, 9.17) is 0 Å². The molecule has 2 N–H and O–H groups in total. The van der Waals surface area contributed by atoms with Crippen LogP contribution in [0.4, 0.5) is 0 Å². The van der Waals surface area contributed by atoms with Gasteiger partial charge in [-0.05, 0) is 12.5 Å². The standard InChI is InChI=1S/C12H14N4O2/c17-8-2-4-16(7-8)12(18)5-11-14-9-1-3-13-6-10(9)15-11/h1,3,6,8,17H,2,4-5,7H2,(H,14,15)/t8-/m1/s1. The second kappa shape index (κ2) is 4.38. The summed E-state index contributed by atoms with van der Waals surface area (Å²) in [6.07, 6.45) is 3.87. The predicted octanol–water partition coefficient (Wildman–Crippen LogP) is 0.0936. The highest BCUT2D eigenvalue weighted by Crippen LogP contribution is 2.13. The molecule has 3 rings (SSSR count). The Bertz CT molecular complexity index is 547. The third-order valence-corrected chi connectivity index (χ3v) is 3.17. The normalized spacial score (nSPS) is 19.6. The number of aliphatic hydroxyl groups is 1. The summed E-state index contributed by atoms with van der Waals surface area (Å²) in [7, 11) is 0. The van der Waals surface area contributed by atoms with Crippen LogP contribution in [0.3, 0.4) is 0 Å². The minimum atomic E-state index is -0.381. The SMILES string of the molecule is O=C(Cc1nc2cnccc2[nH]1)N1CC[C@@H](O)C1. The number of imidazole rings is 1. The van der Waals surface area contributed by atoms with Crippen molar-refractivity contribution in [2.45, 2.75) is 18.9 Å². The molecule has 0 bridgehead atoms. The number of carbonyl (C=O) groups is 1. The second-order valence-electron chi connectivity index (χ2n) is 4.54. The number of fused-ring (bicyclic) bond motifs is 1. The fourth-order valence-corrected chi connectivity index (χ4v) is 2.22. The van der Waals surface area contributed by atoms with E-state index < -0.39 is 0 Å².